The van der Waals surface area contributed by atoms with E-state index in [1.165, 1.54) is 0 Å². The first-order valence-electron chi connectivity index (χ1n) is 11.2. The second kappa shape index (κ2) is 10.7. The molecule has 0 saturated carbocycles. The third-order valence-electron chi connectivity index (χ3n) is 5.66. The number of fused-ring (bicyclic) bond motifs is 1. The molecule has 1 aromatic heterocycles. The number of ether oxygens (including phenoxy) is 3. The fraction of sp³-hybridized carbons (Fsp3) is 0.250. The van der Waals surface area contributed by atoms with Gasteiger partial charge < -0.3 is 18.8 Å². The summed E-state index contributed by atoms with van der Waals surface area (Å²) in [6.45, 7) is 5.30. The van der Waals surface area contributed by atoms with Crippen molar-refractivity contribution in [1.29, 1.82) is 0 Å². The predicted octanol–water partition coefficient (Wildman–Crippen LogP) is 5.84. The largest absolute Gasteiger partial charge is 0.493 e. The highest BCUT2D eigenvalue weighted by Crippen LogP contribution is 2.29. The minimum Gasteiger partial charge on any atom is -0.493 e. The normalized spacial score (nSPS) is 10.8. The Morgan fingerprint density at radius 3 is 2.52 bits per heavy atom. The molecule has 0 N–H and O–H groups in total. The lowest BCUT2D eigenvalue weighted by Crippen LogP contribution is -2.09. The van der Waals surface area contributed by atoms with Crippen molar-refractivity contribution < 1.29 is 14.2 Å². The highest BCUT2D eigenvalue weighted by molar-refractivity contribution is 5.76. The van der Waals surface area contributed by atoms with Crippen molar-refractivity contribution in [3.63, 3.8) is 0 Å². The summed E-state index contributed by atoms with van der Waals surface area (Å²) in [6, 6.07) is 22.4. The smallest absolute Gasteiger partial charge is 0.161 e. The van der Waals surface area contributed by atoms with Crippen LogP contribution in [0.15, 0.2) is 79.4 Å². The number of nitrogens with zero attached hydrogens (tertiary/aromatic N) is 2. The van der Waals surface area contributed by atoms with Crippen LogP contribution in [0.4, 0.5) is 0 Å². The lowest BCUT2D eigenvalue weighted by molar-refractivity contribution is 0.299. The lowest BCUT2D eigenvalue weighted by atomic mass is 10.1. The molecule has 5 heteroatoms. The summed E-state index contributed by atoms with van der Waals surface area (Å²) in [5, 5.41) is 0. The van der Waals surface area contributed by atoms with Crippen LogP contribution in [0.2, 0.25) is 0 Å². The molecule has 4 aromatic rings. The summed E-state index contributed by atoms with van der Waals surface area (Å²) in [7, 11) is 3.30. The van der Waals surface area contributed by atoms with Gasteiger partial charge in [0.05, 0.1) is 31.9 Å². The number of benzene rings is 3. The van der Waals surface area contributed by atoms with Gasteiger partial charge in [-0.1, -0.05) is 42.5 Å². The number of rotatable bonds is 11. The summed E-state index contributed by atoms with van der Waals surface area (Å²) in [5.41, 5.74) is 4.43. The number of aryl methyl sites for hydroxylation is 1. The molecule has 0 saturated heterocycles. The summed E-state index contributed by atoms with van der Waals surface area (Å²) < 4.78 is 19.2. The number of hydrogen-bond donors (Lipinski definition) is 0. The number of para-hydroxylation sites is 3. The molecule has 33 heavy (non-hydrogen) atoms. The highest BCUT2D eigenvalue weighted by Gasteiger charge is 2.13. The monoisotopic (exact) mass is 442 g/mol. The molecule has 3 aromatic carbocycles. The number of allylic oxidation sites excluding steroid dienone is 1. The third kappa shape index (κ3) is 5.20. The molecule has 170 valence electrons. The van der Waals surface area contributed by atoms with E-state index in [2.05, 4.69) is 41.5 Å². The quantitative estimate of drug-likeness (QED) is 0.216. The number of hydrogen-bond acceptors (Lipinski definition) is 4. The van der Waals surface area contributed by atoms with E-state index in [1.54, 1.807) is 14.2 Å². The molecule has 0 radical (unpaired) electrons. The van der Waals surface area contributed by atoms with Crippen molar-refractivity contribution in [2.45, 2.75) is 25.8 Å². The average molecular weight is 443 g/mol. The Morgan fingerprint density at radius 1 is 0.909 bits per heavy atom. The van der Waals surface area contributed by atoms with Gasteiger partial charge in [0.15, 0.2) is 11.5 Å². The second-order valence-electron chi connectivity index (χ2n) is 7.84. The van der Waals surface area contributed by atoms with Crippen LogP contribution in [0, 0.1) is 0 Å². The molecule has 5 nitrogen and oxygen atoms in total. The van der Waals surface area contributed by atoms with E-state index in [0.29, 0.717) is 13.0 Å². The Morgan fingerprint density at radius 2 is 1.70 bits per heavy atom. The van der Waals surface area contributed by atoms with E-state index in [0.717, 1.165) is 64.6 Å². The van der Waals surface area contributed by atoms with Crippen LogP contribution in [0.25, 0.3) is 11.0 Å². The van der Waals surface area contributed by atoms with Crippen LogP contribution < -0.4 is 14.2 Å². The standard InChI is InChI=1S/C28H30N2O3/c1-4-10-22-11-5-8-14-25(22)33-18-9-17-30-24-13-7-6-12-23(24)29-28(30)20-21-15-16-26(31-2)27(19-21)32-3/h4-8,11-16,19H,1,9-10,17-18,20H2,2-3H3. The molecule has 0 amide bonds. The van der Waals surface area contributed by atoms with Gasteiger partial charge in [-0.15, -0.1) is 6.58 Å². The topological polar surface area (TPSA) is 45.5 Å². The Balaban J connectivity index is 1.51. The first kappa shape index (κ1) is 22.5. The summed E-state index contributed by atoms with van der Waals surface area (Å²) >= 11 is 0. The first-order valence-corrected chi connectivity index (χ1v) is 11.2. The van der Waals surface area contributed by atoms with Crippen LogP contribution in [-0.2, 0) is 19.4 Å². The van der Waals surface area contributed by atoms with Crippen molar-refractivity contribution in [2.75, 3.05) is 20.8 Å². The Bertz CT molecular complexity index is 1230. The van der Waals surface area contributed by atoms with Crippen LogP contribution >= 0.6 is 0 Å². The van der Waals surface area contributed by atoms with Crippen molar-refractivity contribution >= 4 is 11.0 Å². The van der Waals surface area contributed by atoms with Gasteiger partial charge in [-0.05, 0) is 54.3 Å². The molecule has 0 spiro atoms. The van der Waals surface area contributed by atoms with Gasteiger partial charge in [0.25, 0.3) is 0 Å². The highest BCUT2D eigenvalue weighted by atomic mass is 16.5. The maximum atomic E-state index is 6.10. The molecule has 0 atom stereocenters. The van der Waals surface area contributed by atoms with Crippen molar-refractivity contribution in [2.24, 2.45) is 0 Å². The maximum absolute atomic E-state index is 6.10. The summed E-state index contributed by atoms with van der Waals surface area (Å²) in [6.07, 6.45) is 4.29. The number of methoxy groups -OCH3 is 2. The summed E-state index contributed by atoms with van der Waals surface area (Å²) in [4.78, 5) is 4.92. The fourth-order valence-electron chi connectivity index (χ4n) is 4.06. The van der Waals surface area contributed by atoms with E-state index >= 15 is 0 Å². The molecule has 0 bridgehead atoms. The predicted molar refractivity (Wildman–Crippen MR) is 133 cm³/mol. The molecule has 0 aliphatic rings. The van der Waals surface area contributed by atoms with Gasteiger partial charge in [0, 0.05) is 13.0 Å². The molecular weight excluding hydrogens is 412 g/mol. The van der Waals surface area contributed by atoms with Crippen LogP contribution in [-0.4, -0.2) is 30.4 Å². The minimum atomic E-state index is 0.635. The van der Waals surface area contributed by atoms with E-state index in [1.807, 2.05) is 42.5 Å². The molecular formula is C28H30N2O3. The molecule has 0 aliphatic carbocycles. The van der Waals surface area contributed by atoms with Crippen molar-refractivity contribution in [1.82, 2.24) is 9.55 Å². The molecule has 0 fully saturated rings. The van der Waals surface area contributed by atoms with E-state index < -0.39 is 0 Å². The van der Waals surface area contributed by atoms with Gasteiger partial charge in [0.2, 0.25) is 0 Å². The SMILES string of the molecule is C=CCc1ccccc1OCCCn1c(Cc2ccc(OC)c(OC)c2)nc2ccccc21. The third-order valence-corrected chi connectivity index (χ3v) is 5.66. The van der Waals surface area contributed by atoms with Crippen LogP contribution in [0.1, 0.15) is 23.4 Å². The first-order chi connectivity index (χ1) is 16.2. The van der Waals surface area contributed by atoms with Gasteiger partial charge in [-0.25, -0.2) is 4.98 Å². The van der Waals surface area contributed by atoms with E-state index in [-0.39, 0.29) is 0 Å². The average Bonchev–Trinajstić information content (AvgIpc) is 3.19. The van der Waals surface area contributed by atoms with E-state index in [4.69, 9.17) is 19.2 Å². The zero-order chi connectivity index (χ0) is 23.0. The second-order valence-corrected chi connectivity index (χ2v) is 7.84. The van der Waals surface area contributed by atoms with Gasteiger partial charge >= 0.3 is 0 Å². The van der Waals surface area contributed by atoms with Crippen LogP contribution in [0.3, 0.4) is 0 Å². The molecule has 1 heterocycles. The zero-order valence-electron chi connectivity index (χ0n) is 19.3. The van der Waals surface area contributed by atoms with Crippen molar-refractivity contribution in [3.8, 4) is 17.2 Å². The molecule has 0 unspecified atom stereocenters. The summed E-state index contributed by atoms with van der Waals surface area (Å²) in [5.74, 6) is 3.40. The van der Waals surface area contributed by atoms with Gasteiger partial charge in [-0.2, -0.15) is 0 Å². The van der Waals surface area contributed by atoms with E-state index in [9.17, 15) is 0 Å². The Labute approximate surface area is 195 Å². The number of aromatic nitrogens is 2. The maximum Gasteiger partial charge on any atom is 0.161 e. The Kier molecular flexibility index (Phi) is 7.30. The molecule has 0 aliphatic heterocycles. The minimum absolute atomic E-state index is 0.635. The number of imidazole rings is 1. The Hall–Kier alpha value is -3.73. The molecule has 4 rings (SSSR count). The van der Waals surface area contributed by atoms with Gasteiger partial charge in [-0.3, -0.25) is 0 Å². The zero-order valence-corrected chi connectivity index (χ0v) is 19.3. The van der Waals surface area contributed by atoms with Crippen LogP contribution in [0.5, 0.6) is 17.2 Å². The van der Waals surface area contributed by atoms with Gasteiger partial charge in [0.1, 0.15) is 11.6 Å². The lowest BCUT2D eigenvalue weighted by Gasteiger charge is -2.13. The van der Waals surface area contributed by atoms with Crippen molar-refractivity contribution in [3.05, 3.63) is 96.3 Å². The fourth-order valence-corrected chi connectivity index (χ4v) is 4.06.